The minimum absolute atomic E-state index is 0.191. The summed E-state index contributed by atoms with van der Waals surface area (Å²) in [5.41, 5.74) is 10.3. The summed E-state index contributed by atoms with van der Waals surface area (Å²) in [7, 11) is 1.66. The predicted octanol–water partition coefficient (Wildman–Crippen LogP) is 5.12. The van der Waals surface area contributed by atoms with Gasteiger partial charge in [0.1, 0.15) is 5.75 Å². The Balaban J connectivity index is 2.03. The second kappa shape index (κ2) is 10.6. The van der Waals surface area contributed by atoms with E-state index in [2.05, 4.69) is 19.7 Å². The number of aliphatic imine (C=N–C) groups is 1. The van der Waals surface area contributed by atoms with Gasteiger partial charge in [-0.3, -0.25) is 9.71 Å². The van der Waals surface area contributed by atoms with E-state index in [9.17, 15) is 9.90 Å². The monoisotopic (exact) mass is 463 g/mol. The second-order valence-corrected chi connectivity index (χ2v) is 8.11. The molecule has 2 aromatic carbocycles. The number of hydrogen-bond donors (Lipinski definition) is 3. The number of carbonyl (C=O) groups is 1. The Labute approximate surface area is 196 Å². The molecule has 0 aliphatic carbocycles. The van der Waals surface area contributed by atoms with Gasteiger partial charge in [0.15, 0.2) is 0 Å². The van der Waals surface area contributed by atoms with Gasteiger partial charge in [-0.2, -0.15) is 4.98 Å². The van der Waals surface area contributed by atoms with Crippen LogP contribution in [0.25, 0.3) is 11.3 Å². The molecule has 4 N–H and O–H groups in total. The fraction of sp³-hybridized carbons (Fsp3) is 0.167. The number of carboxylic acid groups (broad SMARTS) is 1. The fourth-order valence-electron chi connectivity index (χ4n) is 3.21. The van der Waals surface area contributed by atoms with E-state index in [4.69, 9.17) is 10.5 Å². The molecule has 0 aliphatic rings. The minimum atomic E-state index is -0.994. The van der Waals surface area contributed by atoms with E-state index in [0.717, 1.165) is 16.7 Å². The van der Waals surface area contributed by atoms with Crippen molar-refractivity contribution < 1.29 is 14.6 Å². The Bertz CT molecular complexity index is 1220. The highest BCUT2D eigenvalue weighted by atomic mass is 32.2. The van der Waals surface area contributed by atoms with Crippen molar-refractivity contribution in [2.75, 3.05) is 11.8 Å². The van der Waals surface area contributed by atoms with Crippen molar-refractivity contribution in [2.24, 2.45) is 10.7 Å². The summed E-state index contributed by atoms with van der Waals surface area (Å²) in [4.78, 5) is 25.1. The summed E-state index contributed by atoms with van der Waals surface area (Å²) in [6, 6.07) is 12.5. The molecule has 0 spiro atoms. The summed E-state index contributed by atoms with van der Waals surface area (Å²) in [6.07, 6.45) is 3.06. The second-order valence-electron chi connectivity index (χ2n) is 7.23. The molecule has 0 aliphatic heterocycles. The Morgan fingerprint density at radius 1 is 1.12 bits per heavy atom. The molecule has 0 atom stereocenters. The van der Waals surface area contributed by atoms with Crippen molar-refractivity contribution in [1.29, 1.82) is 0 Å². The fourth-order valence-corrected chi connectivity index (χ4v) is 3.74. The predicted molar refractivity (Wildman–Crippen MR) is 133 cm³/mol. The number of nitrogens with one attached hydrogen (secondary N) is 1. The van der Waals surface area contributed by atoms with Gasteiger partial charge in [-0.1, -0.05) is 18.2 Å². The summed E-state index contributed by atoms with van der Waals surface area (Å²) in [6.45, 7) is 5.83. The van der Waals surface area contributed by atoms with Crippen molar-refractivity contribution in [3.63, 3.8) is 0 Å². The van der Waals surface area contributed by atoms with Gasteiger partial charge in [0.2, 0.25) is 11.8 Å². The Kier molecular flexibility index (Phi) is 7.68. The number of aromatic nitrogens is 2. The molecule has 0 radical (unpaired) electrons. The largest absolute Gasteiger partial charge is 0.478 e. The first-order valence-electron chi connectivity index (χ1n) is 10.1. The normalized spacial score (nSPS) is 11.6. The summed E-state index contributed by atoms with van der Waals surface area (Å²) in [5.74, 6) is 0.162. The molecule has 0 bridgehead atoms. The Hall–Kier alpha value is -3.85. The van der Waals surface area contributed by atoms with Crippen LogP contribution in [-0.2, 0) is 0 Å². The van der Waals surface area contributed by atoms with Crippen LogP contribution in [0.15, 0.2) is 58.6 Å². The van der Waals surface area contributed by atoms with Crippen molar-refractivity contribution in [3.05, 3.63) is 75.8 Å². The maximum atomic E-state index is 11.2. The summed E-state index contributed by atoms with van der Waals surface area (Å²) < 4.78 is 9.14. The topological polar surface area (TPSA) is 123 Å². The lowest BCUT2D eigenvalue weighted by Crippen LogP contribution is -2.02. The van der Waals surface area contributed by atoms with Crippen LogP contribution in [0.5, 0.6) is 11.6 Å². The molecule has 0 unspecified atom stereocenters. The molecule has 0 saturated carbocycles. The highest BCUT2D eigenvalue weighted by molar-refractivity contribution is 8.05. The molecular weight excluding hydrogens is 438 g/mol. The molecular formula is C24H25N5O3S. The SMILES string of the molecule is CN=CC(=CN)SNc1nc(Oc2ccc(C(=O)O)cc2C)cc(-c2c(C)cccc2C)n1. The van der Waals surface area contributed by atoms with Gasteiger partial charge in [0.05, 0.1) is 16.2 Å². The highest BCUT2D eigenvalue weighted by Crippen LogP contribution is 2.32. The number of aromatic carboxylic acids is 1. The number of carboxylic acids is 1. The van der Waals surface area contributed by atoms with Crippen LogP contribution in [0.3, 0.4) is 0 Å². The van der Waals surface area contributed by atoms with Crippen LogP contribution < -0.4 is 15.2 Å². The number of ether oxygens (including phenoxy) is 1. The van der Waals surface area contributed by atoms with E-state index in [-0.39, 0.29) is 5.56 Å². The van der Waals surface area contributed by atoms with Crippen molar-refractivity contribution in [2.45, 2.75) is 20.8 Å². The maximum Gasteiger partial charge on any atom is 0.335 e. The first-order valence-corrected chi connectivity index (χ1v) is 10.9. The third kappa shape index (κ3) is 5.89. The Morgan fingerprint density at radius 2 is 1.85 bits per heavy atom. The average Bonchev–Trinajstić information content (AvgIpc) is 2.77. The van der Waals surface area contributed by atoms with Crippen molar-refractivity contribution >= 4 is 30.1 Å². The molecule has 0 saturated heterocycles. The van der Waals surface area contributed by atoms with Crippen LogP contribution in [0.4, 0.5) is 5.95 Å². The lowest BCUT2D eigenvalue weighted by Gasteiger charge is -2.14. The van der Waals surface area contributed by atoms with Gasteiger partial charge in [0, 0.05) is 31.1 Å². The zero-order chi connectivity index (χ0) is 24.0. The molecule has 0 fully saturated rings. The molecule has 1 heterocycles. The first kappa shape index (κ1) is 23.8. The van der Waals surface area contributed by atoms with E-state index in [0.29, 0.717) is 33.7 Å². The van der Waals surface area contributed by atoms with E-state index >= 15 is 0 Å². The van der Waals surface area contributed by atoms with Crippen LogP contribution in [0.2, 0.25) is 0 Å². The van der Waals surface area contributed by atoms with Crippen molar-refractivity contribution in [3.8, 4) is 22.9 Å². The molecule has 0 amide bonds. The van der Waals surface area contributed by atoms with Gasteiger partial charge in [-0.25, -0.2) is 9.78 Å². The number of benzene rings is 2. The quantitative estimate of drug-likeness (QED) is 0.311. The van der Waals surface area contributed by atoms with E-state index < -0.39 is 5.97 Å². The lowest BCUT2D eigenvalue weighted by molar-refractivity contribution is 0.0696. The van der Waals surface area contributed by atoms with Crippen molar-refractivity contribution in [1.82, 2.24) is 9.97 Å². The van der Waals surface area contributed by atoms with Gasteiger partial charge < -0.3 is 15.6 Å². The lowest BCUT2D eigenvalue weighted by atomic mass is 10.00. The zero-order valence-corrected chi connectivity index (χ0v) is 19.6. The number of hydrogen-bond acceptors (Lipinski definition) is 8. The Morgan fingerprint density at radius 3 is 2.45 bits per heavy atom. The average molecular weight is 464 g/mol. The number of nitrogens with two attached hydrogens (primary N) is 1. The van der Waals surface area contributed by atoms with E-state index in [1.165, 1.54) is 24.2 Å². The number of nitrogens with zero attached hydrogens (tertiary/aromatic N) is 3. The standard InChI is InChI=1S/C24H25N5O3S/c1-14-6-5-7-15(2)22(14)19-11-21(28-24(27-19)29-33-18(12-25)13-26-4)32-20-9-8-17(23(30)31)10-16(20)3/h5-13H,25H2,1-4H3,(H,30,31)(H,27,28,29). The van der Waals surface area contributed by atoms with E-state index in [1.807, 2.05) is 32.0 Å². The van der Waals surface area contributed by atoms with E-state index in [1.54, 1.807) is 38.4 Å². The van der Waals surface area contributed by atoms with Gasteiger partial charge >= 0.3 is 5.97 Å². The van der Waals surface area contributed by atoms with Gasteiger partial charge in [-0.15, -0.1) is 0 Å². The third-order valence-electron chi connectivity index (χ3n) is 4.76. The smallest absolute Gasteiger partial charge is 0.335 e. The zero-order valence-electron chi connectivity index (χ0n) is 18.8. The minimum Gasteiger partial charge on any atom is -0.478 e. The number of anilines is 1. The third-order valence-corrected chi connectivity index (χ3v) is 5.52. The number of rotatable bonds is 8. The summed E-state index contributed by atoms with van der Waals surface area (Å²) in [5, 5.41) is 9.21. The van der Waals surface area contributed by atoms with Gasteiger partial charge in [0.25, 0.3) is 0 Å². The molecule has 3 rings (SSSR count). The molecule has 3 aromatic rings. The van der Waals surface area contributed by atoms with Crippen LogP contribution in [-0.4, -0.2) is 34.3 Å². The number of allylic oxidation sites excluding steroid dienone is 1. The molecule has 8 nitrogen and oxygen atoms in total. The molecule has 1 aromatic heterocycles. The van der Waals surface area contributed by atoms with Crippen LogP contribution in [0, 0.1) is 20.8 Å². The maximum absolute atomic E-state index is 11.2. The van der Waals surface area contributed by atoms with Crippen LogP contribution >= 0.6 is 11.9 Å². The molecule has 9 heteroatoms. The van der Waals surface area contributed by atoms with Crippen LogP contribution in [0.1, 0.15) is 27.0 Å². The van der Waals surface area contributed by atoms with Gasteiger partial charge in [-0.05, 0) is 67.6 Å². The molecule has 170 valence electrons. The first-order chi connectivity index (χ1) is 15.8. The number of aryl methyl sites for hydroxylation is 3. The highest BCUT2D eigenvalue weighted by Gasteiger charge is 2.14. The summed E-state index contributed by atoms with van der Waals surface area (Å²) >= 11 is 1.23. The molecule has 33 heavy (non-hydrogen) atoms.